The molecule has 2 aliphatic heterocycles. The molecule has 1 atom stereocenters. The van der Waals surface area contributed by atoms with Gasteiger partial charge in [-0.3, -0.25) is 34.2 Å². The summed E-state index contributed by atoms with van der Waals surface area (Å²) in [6.45, 7) is 1.38. The number of fused-ring (bicyclic) bond motifs is 1. The molecule has 1 aromatic rings. The maximum Gasteiger partial charge on any atom is 0.264 e. The molecule has 0 aliphatic carbocycles. The van der Waals surface area contributed by atoms with Crippen molar-refractivity contribution in [1.29, 1.82) is 0 Å². The minimum absolute atomic E-state index is 0.0997. The van der Waals surface area contributed by atoms with Crippen LogP contribution in [0.4, 0.5) is 5.69 Å². The van der Waals surface area contributed by atoms with Crippen LogP contribution < -0.4 is 16.0 Å². The topological polar surface area (TPSA) is 125 Å². The molecule has 1 unspecified atom stereocenters. The van der Waals surface area contributed by atoms with Crippen molar-refractivity contribution in [2.75, 3.05) is 18.4 Å². The van der Waals surface area contributed by atoms with Crippen molar-refractivity contribution in [1.82, 2.24) is 15.5 Å². The number of nitrogens with zero attached hydrogens (tertiary/aromatic N) is 1. The zero-order valence-corrected chi connectivity index (χ0v) is 17.4. The first-order valence-corrected chi connectivity index (χ1v) is 10.8. The van der Waals surface area contributed by atoms with E-state index >= 15 is 0 Å². The lowest BCUT2D eigenvalue weighted by Crippen LogP contribution is -2.54. The summed E-state index contributed by atoms with van der Waals surface area (Å²) in [5.74, 6) is -2.00. The molecule has 3 N–H and O–H groups in total. The first-order valence-electron chi connectivity index (χ1n) is 10.8. The average molecular weight is 428 g/mol. The van der Waals surface area contributed by atoms with E-state index in [2.05, 4.69) is 16.0 Å². The van der Waals surface area contributed by atoms with E-state index in [0.717, 1.165) is 43.4 Å². The van der Waals surface area contributed by atoms with Gasteiger partial charge in [0.2, 0.25) is 18.2 Å². The zero-order valence-electron chi connectivity index (χ0n) is 17.4. The van der Waals surface area contributed by atoms with Crippen molar-refractivity contribution in [3.8, 4) is 0 Å². The molecule has 0 radical (unpaired) electrons. The smallest absolute Gasteiger partial charge is 0.264 e. The Morgan fingerprint density at radius 2 is 1.68 bits per heavy atom. The molecule has 9 nitrogen and oxygen atoms in total. The Labute approximate surface area is 180 Å². The largest absolute Gasteiger partial charge is 0.384 e. The van der Waals surface area contributed by atoms with E-state index in [4.69, 9.17) is 0 Å². The van der Waals surface area contributed by atoms with Gasteiger partial charge in [0.25, 0.3) is 11.8 Å². The van der Waals surface area contributed by atoms with Crippen LogP contribution >= 0.6 is 0 Å². The summed E-state index contributed by atoms with van der Waals surface area (Å²) < 4.78 is 0. The first kappa shape index (κ1) is 22.5. The summed E-state index contributed by atoms with van der Waals surface area (Å²) in [6, 6.07) is 4.11. The van der Waals surface area contributed by atoms with Crippen LogP contribution in [0.3, 0.4) is 0 Å². The van der Waals surface area contributed by atoms with Crippen LogP contribution in [-0.2, 0) is 14.4 Å². The number of unbranched alkanes of at least 4 members (excludes halogenated alkanes) is 5. The van der Waals surface area contributed by atoms with Crippen LogP contribution in [0.5, 0.6) is 0 Å². The van der Waals surface area contributed by atoms with Crippen molar-refractivity contribution in [2.45, 2.75) is 57.4 Å². The van der Waals surface area contributed by atoms with E-state index in [1.807, 2.05) is 0 Å². The quantitative estimate of drug-likeness (QED) is 0.264. The van der Waals surface area contributed by atoms with Gasteiger partial charge in [-0.1, -0.05) is 31.7 Å². The highest BCUT2D eigenvalue weighted by atomic mass is 16.2. The van der Waals surface area contributed by atoms with Crippen molar-refractivity contribution in [3.05, 3.63) is 29.3 Å². The third-order valence-electron chi connectivity index (χ3n) is 5.61. The summed E-state index contributed by atoms with van der Waals surface area (Å²) in [7, 11) is 0. The fourth-order valence-corrected chi connectivity index (χ4v) is 4.00. The van der Waals surface area contributed by atoms with E-state index < -0.39 is 29.7 Å². The Hall–Kier alpha value is -3.23. The summed E-state index contributed by atoms with van der Waals surface area (Å²) in [5, 5.41) is 8.11. The van der Waals surface area contributed by atoms with E-state index in [1.54, 1.807) is 18.2 Å². The summed E-state index contributed by atoms with van der Waals surface area (Å²) in [4.78, 5) is 60.6. The Balaban J connectivity index is 1.52. The summed E-state index contributed by atoms with van der Waals surface area (Å²) >= 11 is 0. The normalized spacial score (nSPS) is 18.1. The van der Waals surface area contributed by atoms with Gasteiger partial charge in [-0.05, 0) is 31.4 Å². The molecule has 31 heavy (non-hydrogen) atoms. The third kappa shape index (κ3) is 5.28. The number of carbonyl (C=O) groups is 5. The number of benzene rings is 1. The highest BCUT2D eigenvalue weighted by molar-refractivity contribution is 6.25. The Bertz CT molecular complexity index is 869. The molecule has 1 fully saturated rings. The zero-order chi connectivity index (χ0) is 22.2. The number of hydrogen-bond acceptors (Lipinski definition) is 6. The second-order valence-corrected chi connectivity index (χ2v) is 7.80. The number of nitrogens with one attached hydrogen (secondary N) is 3. The van der Waals surface area contributed by atoms with Crippen LogP contribution in [-0.4, -0.2) is 54.1 Å². The molecule has 0 saturated carbocycles. The summed E-state index contributed by atoms with van der Waals surface area (Å²) in [5.41, 5.74) is 1.16. The number of amides is 5. The van der Waals surface area contributed by atoms with Gasteiger partial charge >= 0.3 is 0 Å². The van der Waals surface area contributed by atoms with Gasteiger partial charge in [0.15, 0.2) is 0 Å². The lowest BCUT2D eigenvalue weighted by molar-refractivity contribution is -0.136. The van der Waals surface area contributed by atoms with Crippen molar-refractivity contribution in [3.63, 3.8) is 0 Å². The molecule has 3 rings (SSSR count). The Kier molecular flexibility index (Phi) is 7.75. The van der Waals surface area contributed by atoms with Crippen molar-refractivity contribution < 1.29 is 24.0 Å². The van der Waals surface area contributed by atoms with Gasteiger partial charge in [-0.15, -0.1) is 0 Å². The molecule has 166 valence electrons. The number of piperidine rings is 1. The van der Waals surface area contributed by atoms with Gasteiger partial charge < -0.3 is 10.6 Å². The SMILES string of the molecule is O=CNCCCCCCCCNc1cccc2c1C(=O)N(C1CCC(=O)NC1=O)C2=O. The maximum absolute atomic E-state index is 13.0. The van der Waals surface area contributed by atoms with Crippen LogP contribution in [0.15, 0.2) is 18.2 Å². The van der Waals surface area contributed by atoms with Gasteiger partial charge in [-0.25, -0.2) is 0 Å². The first-order chi connectivity index (χ1) is 15.0. The highest BCUT2D eigenvalue weighted by Gasteiger charge is 2.45. The fraction of sp³-hybridized carbons (Fsp3) is 0.500. The van der Waals surface area contributed by atoms with Gasteiger partial charge in [0.1, 0.15) is 6.04 Å². The molecular weight excluding hydrogens is 400 g/mol. The van der Waals surface area contributed by atoms with Crippen LogP contribution in [0.2, 0.25) is 0 Å². The number of hydrogen-bond donors (Lipinski definition) is 3. The van der Waals surface area contributed by atoms with Crippen LogP contribution in [0.25, 0.3) is 0 Å². The number of imide groups is 2. The van der Waals surface area contributed by atoms with Crippen molar-refractivity contribution in [2.24, 2.45) is 0 Å². The van der Waals surface area contributed by atoms with Gasteiger partial charge in [0, 0.05) is 25.2 Å². The number of anilines is 1. The minimum Gasteiger partial charge on any atom is -0.384 e. The lowest BCUT2D eigenvalue weighted by atomic mass is 10.0. The number of carbonyl (C=O) groups excluding carboxylic acids is 5. The molecule has 0 aromatic heterocycles. The predicted octanol–water partition coefficient (Wildman–Crippen LogP) is 1.59. The molecule has 0 spiro atoms. The Morgan fingerprint density at radius 1 is 0.968 bits per heavy atom. The summed E-state index contributed by atoms with van der Waals surface area (Å²) in [6.07, 6.45) is 7.18. The van der Waals surface area contributed by atoms with Crippen LogP contribution in [0.1, 0.15) is 72.1 Å². The standard InChI is InChI=1S/C22H28N4O5/c27-14-23-12-5-3-1-2-4-6-13-24-16-9-7-8-15-19(16)22(31)26(21(15)30)17-10-11-18(28)25-20(17)29/h7-9,14,17,24H,1-6,10-13H2,(H,23,27)(H,25,28,29). The van der Waals surface area contributed by atoms with E-state index in [9.17, 15) is 24.0 Å². The van der Waals surface area contributed by atoms with Gasteiger partial charge in [-0.2, -0.15) is 0 Å². The molecule has 9 heteroatoms. The molecule has 5 amide bonds. The van der Waals surface area contributed by atoms with Crippen molar-refractivity contribution >= 4 is 35.7 Å². The maximum atomic E-state index is 13.0. The minimum atomic E-state index is -0.959. The molecule has 2 heterocycles. The Morgan fingerprint density at radius 3 is 2.39 bits per heavy atom. The highest BCUT2D eigenvalue weighted by Crippen LogP contribution is 2.32. The van der Waals surface area contributed by atoms with E-state index in [0.29, 0.717) is 30.8 Å². The average Bonchev–Trinajstić information content (AvgIpc) is 3.01. The second-order valence-electron chi connectivity index (χ2n) is 7.80. The molecule has 1 aromatic carbocycles. The predicted molar refractivity (Wildman–Crippen MR) is 113 cm³/mol. The van der Waals surface area contributed by atoms with E-state index in [-0.39, 0.29) is 18.4 Å². The fourth-order valence-electron chi connectivity index (χ4n) is 4.00. The molecule has 0 bridgehead atoms. The third-order valence-corrected chi connectivity index (χ3v) is 5.61. The van der Waals surface area contributed by atoms with Crippen LogP contribution in [0, 0.1) is 0 Å². The van der Waals surface area contributed by atoms with E-state index in [1.165, 1.54) is 0 Å². The lowest BCUT2D eigenvalue weighted by Gasteiger charge is -2.27. The number of rotatable bonds is 12. The molecular formula is C22H28N4O5. The monoisotopic (exact) mass is 428 g/mol. The molecule has 1 saturated heterocycles. The molecule has 2 aliphatic rings. The van der Waals surface area contributed by atoms with Gasteiger partial charge in [0.05, 0.1) is 11.1 Å². The second kappa shape index (κ2) is 10.7.